The monoisotopic (exact) mass is 283 g/mol. The van der Waals surface area contributed by atoms with Crippen LogP contribution in [0.2, 0.25) is 5.02 Å². The molecule has 1 amide bonds. The summed E-state index contributed by atoms with van der Waals surface area (Å²) in [6.07, 6.45) is 0.281. The van der Waals surface area contributed by atoms with Crippen LogP contribution in [0, 0.1) is 5.41 Å². The Morgan fingerprint density at radius 1 is 1.21 bits per heavy atom. The molecule has 0 unspecified atom stereocenters. The van der Waals surface area contributed by atoms with Gasteiger partial charge in [-0.15, -0.1) is 0 Å². The first-order valence-corrected chi connectivity index (χ1v) is 6.34. The summed E-state index contributed by atoms with van der Waals surface area (Å²) in [4.78, 5) is 24.4. The Labute approximate surface area is 118 Å². The van der Waals surface area contributed by atoms with E-state index < -0.39 is 5.97 Å². The van der Waals surface area contributed by atoms with Crippen molar-refractivity contribution in [3.8, 4) is 0 Å². The van der Waals surface area contributed by atoms with Crippen LogP contribution in [0.15, 0.2) is 24.3 Å². The topological polar surface area (TPSA) is 57.6 Å². The largest absolute Gasteiger partial charge is 0.480 e. The zero-order chi connectivity index (χ0) is 14.6. The number of nitrogens with zero attached hydrogens (tertiary/aromatic N) is 1. The molecule has 1 aromatic rings. The van der Waals surface area contributed by atoms with Crippen molar-refractivity contribution in [1.29, 1.82) is 0 Å². The average Bonchev–Trinajstić information content (AvgIpc) is 2.24. The SMILES string of the molecule is CC(C)(C)CC(=O)N(CC(=O)O)c1ccc(Cl)cc1. The van der Waals surface area contributed by atoms with Crippen LogP contribution >= 0.6 is 11.6 Å². The molecule has 1 N–H and O–H groups in total. The van der Waals surface area contributed by atoms with Gasteiger partial charge in [-0.05, 0) is 29.7 Å². The fourth-order valence-electron chi connectivity index (χ4n) is 1.63. The number of benzene rings is 1. The molecule has 0 aliphatic rings. The number of halogens is 1. The van der Waals surface area contributed by atoms with Crippen molar-refractivity contribution in [3.63, 3.8) is 0 Å². The van der Waals surface area contributed by atoms with Gasteiger partial charge in [0.25, 0.3) is 0 Å². The fraction of sp³-hybridized carbons (Fsp3) is 0.429. The lowest BCUT2D eigenvalue weighted by molar-refractivity contribution is -0.136. The van der Waals surface area contributed by atoms with E-state index in [9.17, 15) is 9.59 Å². The van der Waals surface area contributed by atoms with E-state index in [1.165, 1.54) is 4.90 Å². The lowest BCUT2D eigenvalue weighted by atomic mass is 9.91. The second-order valence-electron chi connectivity index (χ2n) is 5.59. The summed E-state index contributed by atoms with van der Waals surface area (Å²) in [6, 6.07) is 6.56. The molecule has 19 heavy (non-hydrogen) atoms. The zero-order valence-electron chi connectivity index (χ0n) is 11.3. The summed E-state index contributed by atoms with van der Waals surface area (Å²) in [5.74, 6) is -1.26. The van der Waals surface area contributed by atoms with Crippen molar-refractivity contribution in [2.75, 3.05) is 11.4 Å². The number of carbonyl (C=O) groups excluding carboxylic acids is 1. The summed E-state index contributed by atoms with van der Waals surface area (Å²) >= 11 is 5.79. The first kappa shape index (κ1) is 15.5. The molecule has 0 radical (unpaired) electrons. The molecule has 0 heterocycles. The molecule has 4 nitrogen and oxygen atoms in total. The second kappa shape index (κ2) is 6.06. The second-order valence-corrected chi connectivity index (χ2v) is 6.02. The number of amides is 1. The maximum atomic E-state index is 12.2. The minimum Gasteiger partial charge on any atom is -0.480 e. The molecule has 104 valence electrons. The Morgan fingerprint density at radius 3 is 2.16 bits per heavy atom. The summed E-state index contributed by atoms with van der Waals surface area (Å²) in [6.45, 7) is 5.46. The highest BCUT2D eigenvalue weighted by molar-refractivity contribution is 6.30. The Bertz CT molecular complexity index is 463. The lowest BCUT2D eigenvalue weighted by Crippen LogP contribution is -2.37. The Morgan fingerprint density at radius 2 is 1.74 bits per heavy atom. The third-order valence-corrected chi connectivity index (χ3v) is 2.67. The first-order chi connectivity index (χ1) is 8.69. The Hall–Kier alpha value is -1.55. The van der Waals surface area contributed by atoms with Crippen LogP contribution in [0.3, 0.4) is 0 Å². The molecule has 1 rings (SSSR count). The van der Waals surface area contributed by atoms with Gasteiger partial charge in [0.05, 0.1) is 0 Å². The molecule has 5 heteroatoms. The highest BCUT2D eigenvalue weighted by atomic mass is 35.5. The number of rotatable bonds is 4. The van der Waals surface area contributed by atoms with E-state index >= 15 is 0 Å². The molecule has 0 fully saturated rings. The summed E-state index contributed by atoms with van der Waals surface area (Å²) < 4.78 is 0. The van der Waals surface area contributed by atoms with Gasteiger partial charge < -0.3 is 10.0 Å². The first-order valence-electron chi connectivity index (χ1n) is 5.97. The van der Waals surface area contributed by atoms with Crippen molar-refractivity contribution >= 4 is 29.2 Å². The number of aliphatic carboxylic acids is 1. The number of hydrogen-bond acceptors (Lipinski definition) is 2. The number of carboxylic acid groups (broad SMARTS) is 1. The molecular weight excluding hydrogens is 266 g/mol. The third-order valence-electron chi connectivity index (χ3n) is 2.41. The fourth-order valence-corrected chi connectivity index (χ4v) is 1.75. The highest BCUT2D eigenvalue weighted by Crippen LogP contribution is 2.24. The molecular formula is C14H18ClNO3. The number of anilines is 1. The van der Waals surface area contributed by atoms with Gasteiger partial charge in [0.1, 0.15) is 6.54 Å². The quantitative estimate of drug-likeness (QED) is 0.923. The van der Waals surface area contributed by atoms with E-state index in [0.29, 0.717) is 10.7 Å². The van der Waals surface area contributed by atoms with Crippen molar-refractivity contribution in [3.05, 3.63) is 29.3 Å². The maximum absolute atomic E-state index is 12.2. The van der Waals surface area contributed by atoms with Crippen LogP contribution in [0.25, 0.3) is 0 Å². The van der Waals surface area contributed by atoms with Crippen LogP contribution in [0.1, 0.15) is 27.2 Å². The van der Waals surface area contributed by atoms with Crippen LogP contribution in [0.4, 0.5) is 5.69 Å². The standard InChI is InChI=1S/C14H18ClNO3/c1-14(2,3)8-12(17)16(9-13(18)19)11-6-4-10(15)5-7-11/h4-7H,8-9H2,1-3H3,(H,18,19). The summed E-state index contributed by atoms with van der Waals surface area (Å²) in [7, 11) is 0. The van der Waals surface area contributed by atoms with Gasteiger partial charge in [-0.2, -0.15) is 0 Å². The van der Waals surface area contributed by atoms with Crippen LogP contribution in [-0.4, -0.2) is 23.5 Å². The van der Waals surface area contributed by atoms with Gasteiger partial charge in [-0.3, -0.25) is 9.59 Å². The Kier molecular flexibility index (Phi) is 4.95. The van der Waals surface area contributed by atoms with Crippen molar-refractivity contribution < 1.29 is 14.7 Å². The zero-order valence-corrected chi connectivity index (χ0v) is 12.1. The predicted molar refractivity (Wildman–Crippen MR) is 75.5 cm³/mol. The number of carbonyl (C=O) groups is 2. The minimum atomic E-state index is -1.04. The molecule has 0 aliphatic heterocycles. The van der Waals surface area contributed by atoms with E-state index in [4.69, 9.17) is 16.7 Å². The van der Waals surface area contributed by atoms with Crippen molar-refractivity contribution in [2.45, 2.75) is 27.2 Å². The van der Waals surface area contributed by atoms with Crippen molar-refractivity contribution in [2.24, 2.45) is 5.41 Å². The van der Waals surface area contributed by atoms with Crippen LogP contribution in [-0.2, 0) is 9.59 Å². The number of hydrogen-bond donors (Lipinski definition) is 1. The van der Waals surface area contributed by atoms with E-state index in [0.717, 1.165) is 0 Å². The molecule has 0 saturated heterocycles. The van der Waals surface area contributed by atoms with Gasteiger partial charge in [-0.1, -0.05) is 32.4 Å². The lowest BCUT2D eigenvalue weighted by Gasteiger charge is -2.25. The van der Waals surface area contributed by atoms with Crippen molar-refractivity contribution in [1.82, 2.24) is 0 Å². The van der Waals surface area contributed by atoms with Gasteiger partial charge in [-0.25, -0.2) is 0 Å². The maximum Gasteiger partial charge on any atom is 0.323 e. The predicted octanol–water partition coefficient (Wildman–Crippen LogP) is 3.19. The molecule has 1 aromatic carbocycles. The van der Waals surface area contributed by atoms with E-state index in [-0.39, 0.29) is 24.3 Å². The minimum absolute atomic E-state index is 0.194. The van der Waals surface area contributed by atoms with E-state index in [1.807, 2.05) is 20.8 Å². The third kappa shape index (κ3) is 5.30. The normalized spacial score (nSPS) is 11.2. The molecule has 0 atom stereocenters. The number of carboxylic acids is 1. The molecule has 0 spiro atoms. The highest BCUT2D eigenvalue weighted by Gasteiger charge is 2.24. The molecule has 0 aromatic heterocycles. The smallest absolute Gasteiger partial charge is 0.323 e. The van der Waals surface area contributed by atoms with Gasteiger partial charge in [0.2, 0.25) is 5.91 Å². The average molecular weight is 284 g/mol. The Balaban J connectivity index is 2.97. The van der Waals surface area contributed by atoms with Gasteiger partial charge in [0, 0.05) is 17.1 Å². The van der Waals surface area contributed by atoms with E-state index in [1.54, 1.807) is 24.3 Å². The van der Waals surface area contributed by atoms with Gasteiger partial charge >= 0.3 is 5.97 Å². The molecule has 0 saturated carbocycles. The summed E-state index contributed by atoms with van der Waals surface area (Å²) in [5, 5.41) is 9.47. The molecule has 0 bridgehead atoms. The summed E-state index contributed by atoms with van der Waals surface area (Å²) in [5.41, 5.74) is 0.348. The molecule has 0 aliphatic carbocycles. The van der Waals surface area contributed by atoms with Crippen LogP contribution in [0.5, 0.6) is 0 Å². The van der Waals surface area contributed by atoms with Crippen LogP contribution < -0.4 is 4.90 Å². The van der Waals surface area contributed by atoms with Gasteiger partial charge in [0.15, 0.2) is 0 Å². The van der Waals surface area contributed by atoms with E-state index in [2.05, 4.69) is 0 Å².